The van der Waals surface area contributed by atoms with Gasteiger partial charge in [-0.3, -0.25) is 0 Å². The summed E-state index contributed by atoms with van der Waals surface area (Å²) in [7, 11) is 0. The minimum atomic E-state index is -4.05. The average Bonchev–Trinajstić information content (AvgIpc) is 1.86. The summed E-state index contributed by atoms with van der Waals surface area (Å²) in [5.74, 6) is -1.18. The molecule has 0 nitrogen and oxygen atoms in total. The largest absolute Gasteiger partial charge is 0.392 e. The Morgan fingerprint density at radius 1 is 1.45 bits per heavy atom. The molecule has 1 aliphatic carbocycles. The van der Waals surface area contributed by atoms with E-state index in [1.54, 1.807) is 0 Å². The summed E-state index contributed by atoms with van der Waals surface area (Å²) >= 11 is 5.53. The van der Waals surface area contributed by atoms with Crippen LogP contribution in [0, 0.1) is 5.92 Å². The molecule has 0 amide bonds. The lowest BCUT2D eigenvalue weighted by atomic mass is 9.94. The van der Waals surface area contributed by atoms with Crippen LogP contribution in [0.4, 0.5) is 13.2 Å². The first-order chi connectivity index (χ1) is 5.00. The summed E-state index contributed by atoms with van der Waals surface area (Å²) < 4.78 is 36.0. The lowest BCUT2D eigenvalue weighted by Crippen LogP contribution is -2.23. The number of allylic oxidation sites excluding steroid dienone is 2. The van der Waals surface area contributed by atoms with E-state index in [2.05, 4.69) is 0 Å². The molecule has 1 unspecified atom stereocenters. The smallest absolute Gasteiger partial charge is 0.171 e. The molecule has 0 aromatic rings. The fourth-order valence-electron chi connectivity index (χ4n) is 1.10. The maximum atomic E-state index is 12.0. The third kappa shape index (κ3) is 2.40. The first-order valence-corrected chi connectivity index (χ1v) is 3.79. The molecule has 4 heteroatoms. The van der Waals surface area contributed by atoms with Crippen LogP contribution in [-0.2, 0) is 0 Å². The Morgan fingerprint density at radius 2 is 2.09 bits per heavy atom. The molecule has 1 atom stereocenters. The van der Waals surface area contributed by atoms with Crippen LogP contribution < -0.4 is 0 Å². The van der Waals surface area contributed by atoms with Crippen LogP contribution in [0.15, 0.2) is 11.1 Å². The minimum Gasteiger partial charge on any atom is -0.171 e. The fourth-order valence-corrected chi connectivity index (χ4v) is 1.30. The van der Waals surface area contributed by atoms with Gasteiger partial charge in [-0.05, 0) is 19.3 Å². The monoisotopic (exact) mass is 184 g/mol. The van der Waals surface area contributed by atoms with Crippen molar-refractivity contribution in [3.05, 3.63) is 11.1 Å². The molecule has 0 bridgehead atoms. The lowest BCUT2D eigenvalue weighted by molar-refractivity contribution is -0.176. The Labute approximate surface area is 68.0 Å². The third-order valence-electron chi connectivity index (χ3n) is 1.82. The number of rotatable bonds is 0. The minimum absolute atomic E-state index is 0.0440. The zero-order valence-electron chi connectivity index (χ0n) is 5.79. The molecule has 1 aliphatic rings. The van der Waals surface area contributed by atoms with Gasteiger partial charge in [0, 0.05) is 5.03 Å². The van der Waals surface area contributed by atoms with E-state index < -0.39 is 12.1 Å². The summed E-state index contributed by atoms with van der Waals surface area (Å²) in [6.45, 7) is 0. The zero-order valence-corrected chi connectivity index (χ0v) is 6.54. The zero-order chi connectivity index (χ0) is 8.48. The van der Waals surface area contributed by atoms with Gasteiger partial charge < -0.3 is 0 Å². The van der Waals surface area contributed by atoms with E-state index in [0.717, 1.165) is 0 Å². The van der Waals surface area contributed by atoms with E-state index in [0.29, 0.717) is 11.5 Å². The summed E-state index contributed by atoms with van der Waals surface area (Å²) in [5, 5.41) is 0.561. The molecule has 0 saturated carbocycles. The van der Waals surface area contributed by atoms with Crippen molar-refractivity contribution in [3.63, 3.8) is 0 Å². The molecule has 1 rings (SSSR count). The van der Waals surface area contributed by atoms with Gasteiger partial charge in [0.25, 0.3) is 0 Å². The molecule has 0 aliphatic heterocycles. The first kappa shape index (κ1) is 8.91. The molecule has 11 heavy (non-hydrogen) atoms. The van der Waals surface area contributed by atoms with Gasteiger partial charge in [0.05, 0.1) is 5.92 Å². The van der Waals surface area contributed by atoms with Gasteiger partial charge in [-0.25, -0.2) is 0 Å². The van der Waals surface area contributed by atoms with E-state index in [4.69, 9.17) is 11.6 Å². The number of alkyl halides is 3. The summed E-state index contributed by atoms with van der Waals surface area (Å²) in [5.41, 5.74) is 0. The molecular weight excluding hydrogens is 177 g/mol. The van der Waals surface area contributed by atoms with E-state index in [1.165, 1.54) is 6.08 Å². The quantitative estimate of drug-likeness (QED) is 0.541. The average molecular weight is 185 g/mol. The van der Waals surface area contributed by atoms with E-state index in [-0.39, 0.29) is 12.8 Å². The van der Waals surface area contributed by atoms with Gasteiger partial charge in [0.2, 0.25) is 0 Å². The fraction of sp³-hybridized carbons (Fsp3) is 0.714. The number of hydrogen-bond donors (Lipinski definition) is 0. The van der Waals surface area contributed by atoms with E-state index >= 15 is 0 Å². The SMILES string of the molecule is FC(F)(F)C1CC=C(Cl)CC1. The Bertz CT molecular complexity index is 171. The molecule has 0 aromatic carbocycles. The predicted octanol–water partition coefficient (Wildman–Crippen LogP) is 3.47. The third-order valence-corrected chi connectivity index (χ3v) is 2.16. The number of halogens is 4. The summed E-state index contributed by atoms with van der Waals surface area (Å²) in [6, 6.07) is 0. The van der Waals surface area contributed by atoms with Crippen LogP contribution in [0.2, 0.25) is 0 Å². The van der Waals surface area contributed by atoms with Crippen LogP contribution in [-0.4, -0.2) is 6.18 Å². The van der Waals surface area contributed by atoms with Crippen LogP contribution in [0.1, 0.15) is 19.3 Å². The lowest BCUT2D eigenvalue weighted by Gasteiger charge is -2.21. The summed E-state index contributed by atoms with van der Waals surface area (Å²) in [6.07, 6.45) is -2.04. The van der Waals surface area contributed by atoms with Crippen molar-refractivity contribution in [2.24, 2.45) is 5.92 Å². The second kappa shape index (κ2) is 3.05. The highest BCUT2D eigenvalue weighted by molar-refractivity contribution is 6.29. The normalized spacial score (nSPS) is 26.5. The second-order valence-corrected chi connectivity index (χ2v) is 3.15. The van der Waals surface area contributed by atoms with Crippen molar-refractivity contribution in [2.45, 2.75) is 25.4 Å². The van der Waals surface area contributed by atoms with Gasteiger partial charge in [0.15, 0.2) is 0 Å². The van der Waals surface area contributed by atoms with Crippen LogP contribution in [0.5, 0.6) is 0 Å². The van der Waals surface area contributed by atoms with Gasteiger partial charge in [-0.1, -0.05) is 17.7 Å². The molecule has 64 valence electrons. The van der Waals surface area contributed by atoms with Crippen LogP contribution in [0.3, 0.4) is 0 Å². The van der Waals surface area contributed by atoms with Crippen LogP contribution >= 0.6 is 11.6 Å². The Morgan fingerprint density at radius 3 is 2.45 bits per heavy atom. The molecule has 0 fully saturated rings. The highest BCUT2D eigenvalue weighted by atomic mass is 35.5. The Balaban J connectivity index is 2.54. The number of hydrogen-bond acceptors (Lipinski definition) is 0. The van der Waals surface area contributed by atoms with Gasteiger partial charge in [-0.2, -0.15) is 13.2 Å². The van der Waals surface area contributed by atoms with Crippen molar-refractivity contribution in [2.75, 3.05) is 0 Å². The molecule has 0 radical (unpaired) electrons. The highest BCUT2D eigenvalue weighted by Crippen LogP contribution is 2.37. The van der Waals surface area contributed by atoms with Gasteiger partial charge in [-0.15, -0.1) is 0 Å². The van der Waals surface area contributed by atoms with Crippen LogP contribution in [0.25, 0.3) is 0 Å². The molecule has 0 spiro atoms. The maximum absolute atomic E-state index is 12.0. The molecule has 0 heterocycles. The summed E-state index contributed by atoms with van der Waals surface area (Å²) in [4.78, 5) is 0. The van der Waals surface area contributed by atoms with Crippen molar-refractivity contribution in [3.8, 4) is 0 Å². The van der Waals surface area contributed by atoms with Gasteiger partial charge in [0.1, 0.15) is 0 Å². The maximum Gasteiger partial charge on any atom is 0.392 e. The van der Waals surface area contributed by atoms with Gasteiger partial charge >= 0.3 is 6.18 Å². The van der Waals surface area contributed by atoms with Crippen molar-refractivity contribution < 1.29 is 13.2 Å². The topological polar surface area (TPSA) is 0 Å². The van der Waals surface area contributed by atoms with Crippen molar-refractivity contribution in [1.29, 1.82) is 0 Å². The first-order valence-electron chi connectivity index (χ1n) is 3.41. The second-order valence-electron chi connectivity index (χ2n) is 2.66. The molecule has 0 aromatic heterocycles. The highest BCUT2D eigenvalue weighted by Gasteiger charge is 2.39. The molecular formula is C7H8ClF3. The molecule has 0 N–H and O–H groups in total. The van der Waals surface area contributed by atoms with E-state index in [9.17, 15) is 13.2 Å². The van der Waals surface area contributed by atoms with Crippen molar-refractivity contribution in [1.82, 2.24) is 0 Å². The standard InChI is InChI=1S/C7H8ClF3/c8-6-3-1-5(2-4-6)7(9,10)11/h3,5H,1-2,4H2. The molecule has 0 saturated heterocycles. The Hall–Kier alpha value is -0.180. The predicted molar refractivity (Wildman–Crippen MR) is 37.3 cm³/mol. The van der Waals surface area contributed by atoms with E-state index in [1.807, 2.05) is 0 Å². The van der Waals surface area contributed by atoms with Crippen molar-refractivity contribution >= 4 is 11.6 Å². The Kier molecular flexibility index (Phi) is 2.47.